The van der Waals surface area contributed by atoms with Gasteiger partial charge in [0, 0.05) is 13.2 Å². The molecule has 1 aromatic rings. The fourth-order valence-corrected chi connectivity index (χ4v) is 0.852. The van der Waals surface area contributed by atoms with Crippen molar-refractivity contribution in [3.8, 4) is 0 Å². The molecule has 0 fully saturated rings. The smallest absolute Gasteiger partial charge is 0.372 e. The average molecular weight is 179 g/mol. The molecule has 0 saturated carbocycles. The Morgan fingerprint density at radius 3 is 2.69 bits per heavy atom. The Labute approximate surface area is 75.0 Å². The Bertz CT molecular complexity index is 360. The van der Waals surface area contributed by atoms with Gasteiger partial charge in [0.15, 0.2) is 11.6 Å². The fourth-order valence-electron chi connectivity index (χ4n) is 0.852. The van der Waals surface area contributed by atoms with Crippen LogP contribution in [0.25, 0.3) is 0 Å². The molecule has 0 bridgehead atoms. The fraction of sp³-hybridized carbons (Fsp3) is 0.167. The van der Waals surface area contributed by atoms with Gasteiger partial charge >= 0.3 is 5.97 Å². The topological polar surface area (TPSA) is 84.2 Å². The van der Waals surface area contributed by atoms with E-state index in [1.807, 2.05) is 0 Å². The molecule has 2 N–H and O–H groups in total. The SMILES string of the molecule is [B]C(=O)Nc1cn(C)c(C(=O)O)n1. The second kappa shape index (κ2) is 3.30. The molecule has 1 aromatic heterocycles. The molecule has 13 heavy (non-hydrogen) atoms. The number of carbonyl (C=O) groups excluding carboxylic acids is 1. The van der Waals surface area contributed by atoms with Gasteiger partial charge in [-0.3, -0.25) is 4.79 Å². The number of hydrogen-bond donors (Lipinski definition) is 2. The van der Waals surface area contributed by atoms with Crippen LogP contribution in [0.3, 0.4) is 0 Å². The number of anilines is 1. The molecular weight excluding hydrogens is 173 g/mol. The number of aryl methyl sites for hydroxylation is 1. The highest BCUT2D eigenvalue weighted by molar-refractivity contribution is 6.60. The minimum absolute atomic E-state index is 0.118. The number of carbonyl (C=O) groups is 2. The van der Waals surface area contributed by atoms with Crippen LogP contribution >= 0.6 is 0 Å². The standard InChI is InChI=1S/C6H6BN3O3/c1-10-2-3(9-6(7)13)8-4(10)5(11)12/h2H,1H3,(H,9,13)(H,11,12). The number of imidazole rings is 1. The lowest BCUT2D eigenvalue weighted by atomic mass is 10.1. The van der Waals surface area contributed by atoms with Crippen LogP contribution in [0.1, 0.15) is 10.6 Å². The molecule has 0 aliphatic rings. The molecule has 0 aromatic carbocycles. The molecule has 7 heteroatoms. The van der Waals surface area contributed by atoms with Crippen LogP contribution < -0.4 is 5.32 Å². The normalized spacial score (nSPS) is 9.62. The van der Waals surface area contributed by atoms with E-state index in [9.17, 15) is 9.59 Å². The zero-order chi connectivity index (χ0) is 10.0. The van der Waals surface area contributed by atoms with Gasteiger partial charge in [-0.25, -0.2) is 9.78 Å². The first-order chi connectivity index (χ1) is 6.00. The number of carboxylic acids is 1. The van der Waals surface area contributed by atoms with Gasteiger partial charge in [-0.15, -0.1) is 0 Å². The van der Waals surface area contributed by atoms with Crippen molar-refractivity contribution in [3.05, 3.63) is 12.0 Å². The summed E-state index contributed by atoms with van der Waals surface area (Å²) in [6, 6.07) is 0. The van der Waals surface area contributed by atoms with Gasteiger partial charge < -0.3 is 15.0 Å². The molecule has 0 unspecified atom stereocenters. The highest BCUT2D eigenvalue weighted by Crippen LogP contribution is 2.06. The van der Waals surface area contributed by atoms with Crippen LogP contribution in [0.5, 0.6) is 0 Å². The monoisotopic (exact) mass is 179 g/mol. The van der Waals surface area contributed by atoms with Crippen molar-refractivity contribution in [3.63, 3.8) is 0 Å². The van der Waals surface area contributed by atoms with Gasteiger partial charge in [0.25, 0.3) is 0 Å². The van der Waals surface area contributed by atoms with Crippen molar-refractivity contribution in [1.29, 1.82) is 0 Å². The van der Waals surface area contributed by atoms with Crippen LogP contribution in [0.2, 0.25) is 0 Å². The highest BCUT2D eigenvalue weighted by atomic mass is 16.4. The van der Waals surface area contributed by atoms with Gasteiger partial charge in [-0.2, -0.15) is 0 Å². The largest absolute Gasteiger partial charge is 0.475 e. The second-order valence-corrected chi connectivity index (χ2v) is 2.36. The summed E-state index contributed by atoms with van der Waals surface area (Å²) in [5.41, 5.74) is 0. The van der Waals surface area contributed by atoms with E-state index in [0.717, 1.165) is 0 Å². The summed E-state index contributed by atoms with van der Waals surface area (Å²) in [6.45, 7) is 0. The Kier molecular flexibility index (Phi) is 2.36. The lowest BCUT2D eigenvalue weighted by Crippen LogP contribution is -2.08. The van der Waals surface area contributed by atoms with Crippen molar-refractivity contribution in [2.45, 2.75) is 0 Å². The van der Waals surface area contributed by atoms with Gasteiger partial charge in [0.2, 0.25) is 13.7 Å². The number of aromatic nitrogens is 2. The van der Waals surface area contributed by atoms with E-state index < -0.39 is 11.8 Å². The van der Waals surface area contributed by atoms with E-state index >= 15 is 0 Å². The Morgan fingerprint density at radius 2 is 2.31 bits per heavy atom. The van der Waals surface area contributed by atoms with Crippen LogP contribution in [0, 0.1) is 0 Å². The zero-order valence-corrected chi connectivity index (χ0v) is 6.81. The number of carboxylic acid groups (broad SMARTS) is 1. The second-order valence-electron chi connectivity index (χ2n) is 2.36. The summed E-state index contributed by atoms with van der Waals surface area (Å²) in [5, 5.41) is 10.8. The first-order valence-electron chi connectivity index (χ1n) is 3.34. The van der Waals surface area contributed by atoms with Crippen molar-refractivity contribution >= 4 is 25.4 Å². The first-order valence-corrected chi connectivity index (χ1v) is 3.34. The van der Waals surface area contributed by atoms with E-state index in [4.69, 9.17) is 13.0 Å². The van der Waals surface area contributed by atoms with Gasteiger partial charge in [0.05, 0.1) is 0 Å². The molecule has 1 amide bonds. The summed E-state index contributed by atoms with van der Waals surface area (Å²) in [7, 11) is 6.32. The molecule has 0 spiro atoms. The Morgan fingerprint density at radius 1 is 1.69 bits per heavy atom. The van der Waals surface area contributed by atoms with Gasteiger partial charge in [0.1, 0.15) is 0 Å². The Balaban J connectivity index is 2.95. The van der Waals surface area contributed by atoms with Gasteiger partial charge in [-0.1, -0.05) is 0 Å². The molecule has 0 saturated heterocycles. The highest BCUT2D eigenvalue weighted by Gasteiger charge is 2.11. The number of aromatic carboxylic acids is 1. The predicted molar refractivity (Wildman–Crippen MR) is 44.9 cm³/mol. The number of nitrogens with one attached hydrogen (secondary N) is 1. The van der Waals surface area contributed by atoms with Crippen LogP contribution in [0.4, 0.5) is 10.6 Å². The van der Waals surface area contributed by atoms with E-state index in [-0.39, 0.29) is 11.6 Å². The molecule has 0 atom stereocenters. The van der Waals surface area contributed by atoms with E-state index in [1.165, 1.54) is 17.8 Å². The molecule has 1 rings (SSSR count). The van der Waals surface area contributed by atoms with E-state index in [2.05, 4.69) is 10.3 Å². The summed E-state index contributed by atoms with van der Waals surface area (Å²) in [5.74, 6) is -1.99. The predicted octanol–water partition coefficient (Wildman–Crippen LogP) is -0.181. The third-order valence-electron chi connectivity index (χ3n) is 1.32. The van der Waals surface area contributed by atoms with Crippen LogP contribution in [-0.4, -0.2) is 34.3 Å². The molecule has 1 heterocycles. The summed E-state index contributed by atoms with van der Waals surface area (Å²) >= 11 is 0. The van der Waals surface area contributed by atoms with Crippen LogP contribution in [0.15, 0.2) is 6.20 Å². The van der Waals surface area contributed by atoms with E-state index in [0.29, 0.717) is 0 Å². The summed E-state index contributed by atoms with van der Waals surface area (Å²) in [6.07, 6.45) is 1.36. The Hall–Kier alpha value is -1.79. The van der Waals surface area contributed by atoms with Crippen molar-refractivity contribution in [2.24, 2.45) is 7.05 Å². The molecule has 0 aliphatic heterocycles. The first kappa shape index (κ1) is 9.30. The molecule has 66 valence electrons. The number of amides is 1. The van der Waals surface area contributed by atoms with Crippen molar-refractivity contribution in [1.82, 2.24) is 9.55 Å². The minimum atomic E-state index is -1.17. The maximum Gasteiger partial charge on any atom is 0.372 e. The maximum absolute atomic E-state index is 10.5. The minimum Gasteiger partial charge on any atom is -0.475 e. The average Bonchev–Trinajstić information content (AvgIpc) is 2.29. The zero-order valence-electron chi connectivity index (χ0n) is 6.81. The number of rotatable bonds is 2. The van der Waals surface area contributed by atoms with Crippen LogP contribution in [-0.2, 0) is 7.05 Å². The quantitative estimate of drug-likeness (QED) is 0.616. The summed E-state index contributed by atoms with van der Waals surface area (Å²) < 4.78 is 1.27. The lowest BCUT2D eigenvalue weighted by Gasteiger charge is -1.92. The van der Waals surface area contributed by atoms with Gasteiger partial charge in [-0.05, 0) is 0 Å². The lowest BCUT2D eigenvalue weighted by molar-refractivity contribution is 0.0680. The summed E-state index contributed by atoms with van der Waals surface area (Å²) in [4.78, 5) is 24.5. The third kappa shape index (κ3) is 2.08. The molecule has 6 nitrogen and oxygen atoms in total. The van der Waals surface area contributed by atoms with E-state index in [1.54, 1.807) is 0 Å². The maximum atomic E-state index is 10.5. The van der Waals surface area contributed by atoms with Crippen molar-refractivity contribution < 1.29 is 14.7 Å². The van der Waals surface area contributed by atoms with Crippen molar-refractivity contribution in [2.75, 3.05) is 5.32 Å². The molecule has 2 radical (unpaired) electrons. The number of nitrogens with zero attached hydrogens (tertiary/aromatic N) is 2. The third-order valence-corrected chi connectivity index (χ3v) is 1.32. The molecular formula is C6H6BN3O3. The number of hydrogen-bond acceptors (Lipinski definition) is 3. The molecule has 0 aliphatic carbocycles.